The van der Waals surface area contributed by atoms with Crippen molar-refractivity contribution in [1.82, 2.24) is 74.0 Å². The average Bonchev–Trinajstić information content (AvgIpc) is 1.65. The van der Waals surface area contributed by atoms with E-state index in [9.17, 15) is 24.1 Å². The number of aryl methyl sites for hydroxylation is 2. The van der Waals surface area contributed by atoms with Gasteiger partial charge in [0.2, 0.25) is 29.7 Å². The number of nitrogens with zero attached hydrogens (tertiary/aromatic N) is 15. The van der Waals surface area contributed by atoms with Crippen LogP contribution in [0.1, 0.15) is 165 Å². The third-order valence-corrected chi connectivity index (χ3v) is 22.5. The number of fused-ring (bicyclic) bond motifs is 5. The standard InChI is InChI=1S/C27H33N7O2S.C21H26FN5O2.C16H23BrN4O2.C6H8N2S.C5H5BFNO2.CH2O3.2Cs.H/c1-16(15-36-3)30-27-29-12-24-21(11-23(34(24)32-27)18-4-6-20(35)7-5-18)19-8-9-28-26(10-19)33-13-22-25(14-33)37-17(2)31-22;1-13(12-29-2)25-21-24-11-19-17(15-7-8-23-20(22)9-15)10-18(27(19)26-21)14-3-5-16(28)6-4-14;1-10(9-23-2)19-16-18-8-15-13(17)7-14(21(15)20-16)11-3-5-12(22)6-4-11;1-4-8-5-2-7-3-6(5)9-4;7-5-3-4(6(9)10)1-2-8-5;2-1-4-3;;;/h8-12,16,18,20,35H,4-7,13-15H2,1-3H3,(H,30,32);7-11,13-14,16,28H,3-6,12H2,1-2H3,(H,25,26);7-8,10-12,22H,3-6,9H2,1-2H3,(H,19,20);7H,2-3H2,1H3;1-3,9-10H;1,3H;;;/q;;;;;;2*+1;-1/p-1/t16-,18?,20?;13-,14?,16?;10-,11?,12?;;;;;;/m000....../s1. The van der Waals surface area contributed by atoms with Crippen molar-refractivity contribution in [3.8, 4) is 22.3 Å². The van der Waals surface area contributed by atoms with Gasteiger partial charge in [-0.05, 0) is 193 Å². The minimum absolute atomic E-state index is 0. The Morgan fingerprint density at radius 3 is 1.41 bits per heavy atom. The molecule has 3 fully saturated rings. The van der Waals surface area contributed by atoms with E-state index in [1.807, 2.05) is 52.9 Å². The smallest absolute Gasteiger partial charge is 1.00 e. The molecule has 0 aromatic carbocycles. The Morgan fingerprint density at radius 2 is 0.991 bits per heavy atom. The van der Waals surface area contributed by atoms with Gasteiger partial charge in [-0.2, -0.15) is 8.78 Å². The first-order valence-corrected chi connectivity index (χ1v) is 39.8. The molecular formula is C76H97BBrCs2F2N19O11S2. The molecule has 13 heterocycles. The van der Waals surface area contributed by atoms with Crippen LogP contribution in [0, 0.1) is 25.7 Å². The maximum atomic E-state index is 13.7. The van der Waals surface area contributed by atoms with Crippen LogP contribution in [0.5, 0.6) is 0 Å². The van der Waals surface area contributed by atoms with Crippen molar-refractivity contribution in [3.63, 3.8) is 0 Å². The number of aliphatic hydroxyl groups excluding tert-OH is 3. The molecular weight excluding hydrogens is 1810 g/mol. The predicted octanol–water partition coefficient (Wildman–Crippen LogP) is 3.40. The fourth-order valence-corrected chi connectivity index (χ4v) is 16.9. The van der Waals surface area contributed by atoms with E-state index < -0.39 is 19.0 Å². The Hall–Kier alpha value is -4.65. The Bertz CT molecular complexity index is 4840. The molecule has 0 amide bonds. The van der Waals surface area contributed by atoms with Crippen LogP contribution in [-0.4, -0.2) is 185 Å². The Morgan fingerprint density at radius 1 is 0.579 bits per heavy atom. The number of aliphatic hydroxyl groups is 3. The van der Waals surface area contributed by atoms with Gasteiger partial charge in [-0.15, -0.1) is 38.0 Å². The molecule has 11 aromatic heterocycles. The maximum absolute atomic E-state index is 13.7. The SMILES string of the molecule is COC[C@H](C)Nc1ncc2c(-c3ccnc(F)c3)cc(C3CCC(O)CC3)n2n1.COC[C@H](C)Nc1ncc2c(-c3ccnc(N4Cc5nc(C)sc5C4)c3)cc(C3CCC(O)CC3)n2n1.COC[C@H](C)Nc1ncc2c(Br)cc(C3CCC(O)CC3)n2n1.Cc1nc2c(s1)CNC2.O=CO[O-].OB(O)c1ccnc(F)c1.[Cs+].[Cs+].[H-]. The summed E-state index contributed by atoms with van der Waals surface area (Å²) in [5.74, 6) is 2.47. The third kappa shape index (κ3) is 25.5. The van der Waals surface area contributed by atoms with Gasteiger partial charge in [0, 0.05) is 137 Å². The van der Waals surface area contributed by atoms with E-state index in [0.29, 0.717) is 49.5 Å². The number of rotatable bonds is 20. The van der Waals surface area contributed by atoms with Gasteiger partial charge in [-0.25, -0.2) is 53.4 Å². The van der Waals surface area contributed by atoms with Crippen molar-refractivity contribution in [3.05, 3.63) is 156 Å². The fraction of sp³-hybridized carbons (Fsp3) is 0.474. The number of thiazole rings is 2. The zero-order chi connectivity index (χ0) is 79.5. The molecule has 16 rings (SSSR count). The molecule has 3 aliphatic carbocycles. The maximum Gasteiger partial charge on any atom is 1.00 e. The molecule has 0 spiro atoms. The molecule has 30 nitrogen and oxygen atoms in total. The van der Waals surface area contributed by atoms with Crippen LogP contribution >= 0.6 is 38.6 Å². The number of aromatic nitrogens is 14. The Balaban J connectivity index is 0.000000190. The summed E-state index contributed by atoms with van der Waals surface area (Å²) in [6.07, 6.45) is 20.0. The van der Waals surface area contributed by atoms with Crippen LogP contribution in [0.25, 0.3) is 38.8 Å². The second-order valence-electron chi connectivity index (χ2n) is 28.5. The number of hydrogen-bond acceptors (Lipinski definition) is 29. The van der Waals surface area contributed by atoms with E-state index in [1.165, 1.54) is 62.1 Å². The van der Waals surface area contributed by atoms with Crippen molar-refractivity contribution in [2.24, 2.45) is 0 Å². The molecule has 114 heavy (non-hydrogen) atoms. The number of halogens is 3. The van der Waals surface area contributed by atoms with Crippen molar-refractivity contribution in [2.45, 2.75) is 192 Å². The van der Waals surface area contributed by atoms with Crippen LogP contribution in [0.3, 0.4) is 0 Å². The Kier molecular flexibility index (Phi) is 37.3. The van der Waals surface area contributed by atoms with E-state index in [1.54, 1.807) is 56.3 Å². The van der Waals surface area contributed by atoms with E-state index in [4.69, 9.17) is 49.5 Å². The number of hydrogen-bond donors (Lipinski definition) is 9. The largest absolute Gasteiger partial charge is 1.00 e. The number of ether oxygens (including phenoxy) is 3. The number of methoxy groups -OCH3 is 3. The zero-order valence-electron chi connectivity index (χ0n) is 66.8. The van der Waals surface area contributed by atoms with E-state index >= 15 is 0 Å². The molecule has 0 radical (unpaired) electrons. The molecule has 11 aromatic rings. The third-order valence-electron chi connectivity index (χ3n) is 19.8. The van der Waals surface area contributed by atoms with Gasteiger partial charge < -0.3 is 77.3 Å². The Labute approximate surface area is 796 Å². The van der Waals surface area contributed by atoms with Gasteiger partial charge >= 0.3 is 145 Å². The molecule has 38 heteroatoms. The summed E-state index contributed by atoms with van der Waals surface area (Å²) in [4.78, 5) is 50.4. The fourth-order valence-electron chi connectivity index (χ4n) is 14.5. The molecule has 3 atom stereocenters. The molecule has 2 aliphatic heterocycles. The van der Waals surface area contributed by atoms with Gasteiger partial charge in [0.15, 0.2) is 0 Å². The molecule has 5 aliphatic rings. The second-order valence-corrected chi connectivity index (χ2v) is 31.9. The minimum atomic E-state index is -1.63. The topological polar surface area (TPSA) is 385 Å². The number of carbonyl (C=O) groups is 1. The van der Waals surface area contributed by atoms with Crippen LogP contribution in [-0.2, 0) is 50.1 Å². The van der Waals surface area contributed by atoms with E-state index in [2.05, 4.69) is 131 Å². The van der Waals surface area contributed by atoms with Gasteiger partial charge in [0.25, 0.3) is 6.47 Å². The molecule has 3 saturated carbocycles. The van der Waals surface area contributed by atoms with Gasteiger partial charge in [0.1, 0.15) is 5.82 Å². The number of anilines is 4. The van der Waals surface area contributed by atoms with Gasteiger partial charge in [-0.3, -0.25) is 4.79 Å². The summed E-state index contributed by atoms with van der Waals surface area (Å²) in [5, 5.41) is 84.9. The van der Waals surface area contributed by atoms with Crippen molar-refractivity contribution >= 4 is 97.9 Å². The quantitative estimate of drug-likeness (QED) is 0.0173. The summed E-state index contributed by atoms with van der Waals surface area (Å²) in [7, 11) is 3.40. The van der Waals surface area contributed by atoms with E-state index in [-0.39, 0.29) is 194 Å². The van der Waals surface area contributed by atoms with Crippen LogP contribution in [0.4, 0.5) is 32.4 Å². The van der Waals surface area contributed by atoms with Crippen molar-refractivity contribution < 1.29 is 203 Å². The predicted molar refractivity (Wildman–Crippen MR) is 426 cm³/mol. The summed E-state index contributed by atoms with van der Waals surface area (Å²) in [5.41, 5.74) is 12.5. The van der Waals surface area contributed by atoms with Crippen LogP contribution < -0.4 is 175 Å². The summed E-state index contributed by atoms with van der Waals surface area (Å²) in [6.45, 7) is 15.4. The first kappa shape index (κ1) is 93.2. The van der Waals surface area contributed by atoms with E-state index in [0.717, 1.165) is 169 Å². The number of nitrogens with one attached hydrogen (secondary N) is 4. The average molecular weight is 1910 g/mol. The van der Waals surface area contributed by atoms with Crippen LogP contribution in [0.2, 0.25) is 0 Å². The molecule has 0 unspecified atom stereocenters. The minimum Gasteiger partial charge on any atom is -1.00 e. The molecule has 9 N–H and O–H groups in total. The van der Waals surface area contributed by atoms with Crippen molar-refractivity contribution in [1.29, 1.82) is 0 Å². The normalized spacial score (nSPS) is 18.8. The summed E-state index contributed by atoms with van der Waals surface area (Å²) in [6, 6.07) is 16.5. The summed E-state index contributed by atoms with van der Waals surface area (Å²) < 4.78 is 48.5. The zero-order valence-corrected chi connectivity index (χ0v) is 81.6. The number of pyridine rings is 3. The van der Waals surface area contributed by atoms with Crippen LogP contribution in [0.15, 0.2) is 96.3 Å². The first-order valence-electron chi connectivity index (χ1n) is 37.4. The van der Waals surface area contributed by atoms with Gasteiger partial charge in [-0.1, -0.05) is 0 Å². The number of carbonyl (C=O) groups excluding carboxylic acids is 1. The second kappa shape index (κ2) is 45.7. The monoisotopic (exact) mass is 1910 g/mol. The molecule has 600 valence electrons. The van der Waals surface area contributed by atoms with Gasteiger partial charge in [0.05, 0.1) is 108 Å². The molecule has 0 saturated heterocycles. The molecule has 0 bridgehead atoms. The van der Waals surface area contributed by atoms with Crippen molar-refractivity contribution in [2.75, 3.05) is 62.0 Å². The summed E-state index contributed by atoms with van der Waals surface area (Å²) >= 11 is 7.18. The first-order chi connectivity index (χ1) is 54.1.